The van der Waals surface area contributed by atoms with Gasteiger partial charge in [-0.05, 0) is 11.4 Å². The minimum Gasteiger partial charge on any atom is -0.320 e. The van der Waals surface area contributed by atoms with Crippen molar-refractivity contribution in [1.82, 2.24) is 4.98 Å². The van der Waals surface area contributed by atoms with Gasteiger partial charge < -0.3 is 5.73 Å². The van der Waals surface area contributed by atoms with E-state index in [1.165, 1.54) is 0 Å². The maximum absolute atomic E-state index is 6.08. The molecule has 2 nitrogen and oxygen atoms in total. The van der Waals surface area contributed by atoms with Crippen molar-refractivity contribution in [3.8, 4) is 0 Å². The van der Waals surface area contributed by atoms with E-state index in [4.69, 9.17) is 28.9 Å². The quantitative estimate of drug-likeness (QED) is 0.912. The average Bonchev–Trinajstić information content (AvgIpc) is 2.69. The summed E-state index contributed by atoms with van der Waals surface area (Å²) in [5, 5.41) is 2.98. The van der Waals surface area contributed by atoms with Crippen LogP contribution < -0.4 is 5.73 Å². The standard InChI is InChI=1S/C10H8Cl2N2S.ClH/c11-6-4-14-5-7(12)9(6)10(13)8-2-1-3-15-8;/h1-5,10H,13H2;1H/t10-;/m0./s1. The first-order chi connectivity index (χ1) is 7.20. The van der Waals surface area contributed by atoms with E-state index in [9.17, 15) is 0 Å². The summed E-state index contributed by atoms with van der Waals surface area (Å²) >= 11 is 13.6. The van der Waals surface area contributed by atoms with E-state index in [1.807, 2.05) is 17.5 Å². The van der Waals surface area contributed by atoms with Crippen LogP contribution in [0.4, 0.5) is 0 Å². The number of halogens is 3. The molecule has 0 fully saturated rings. The highest BCUT2D eigenvalue weighted by Gasteiger charge is 2.16. The number of hydrogen-bond acceptors (Lipinski definition) is 3. The highest BCUT2D eigenvalue weighted by Crippen LogP contribution is 2.33. The van der Waals surface area contributed by atoms with Gasteiger partial charge in [0.25, 0.3) is 0 Å². The van der Waals surface area contributed by atoms with Gasteiger partial charge in [0.2, 0.25) is 0 Å². The van der Waals surface area contributed by atoms with Gasteiger partial charge in [0.15, 0.2) is 0 Å². The van der Waals surface area contributed by atoms with Crippen LogP contribution in [0.25, 0.3) is 0 Å². The summed E-state index contributed by atoms with van der Waals surface area (Å²) in [6, 6.07) is 3.62. The number of aromatic nitrogens is 1. The van der Waals surface area contributed by atoms with Crippen molar-refractivity contribution in [3.63, 3.8) is 0 Å². The molecule has 2 aromatic heterocycles. The molecule has 0 bridgehead atoms. The van der Waals surface area contributed by atoms with Crippen LogP contribution in [0.5, 0.6) is 0 Å². The molecule has 2 aromatic rings. The molecule has 2 rings (SSSR count). The molecule has 0 saturated heterocycles. The summed E-state index contributed by atoms with van der Waals surface area (Å²) in [6.07, 6.45) is 3.10. The Kier molecular flexibility index (Phi) is 5.02. The Morgan fingerprint density at radius 3 is 2.38 bits per heavy atom. The largest absolute Gasteiger partial charge is 0.320 e. The van der Waals surface area contributed by atoms with Gasteiger partial charge in [0, 0.05) is 22.8 Å². The summed E-state index contributed by atoms with van der Waals surface area (Å²) in [7, 11) is 0. The number of pyridine rings is 1. The highest BCUT2D eigenvalue weighted by atomic mass is 35.5. The fourth-order valence-corrected chi connectivity index (χ4v) is 2.66. The normalized spacial score (nSPS) is 11.9. The van der Waals surface area contributed by atoms with Crippen LogP contribution in [-0.4, -0.2) is 4.98 Å². The molecular formula is C10H9Cl3N2S. The number of thiophene rings is 1. The Bertz CT molecular complexity index is 439. The lowest BCUT2D eigenvalue weighted by Crippen LogP contribution is -2.11. The van der Waals surface area contributed by atoms with E-state index in [1.54, 1.807) is 23.7 Å². The summed E-state index contributed by atoms with van der Waals surface area (Å²) < 4.78 is 0. The molecular weight excluding hydrogens is 287 g/mol. The van der Waals surface area contributed by atoms with Crippen molar-refractivity contribution in [2.45, 2.75) is 6.04 Å². The number of nitrogens with zero attached hydrogens (tertiary/aromatic N) is 1. The Morgan fingerprint density at radius 2 is 1.88 bits per heavy atom. The Morgan fingerprint density at radius 1 is 1.25 bits per heavy atom. The fourth-order valence-electron chi connectivity index (χ4n) is 1.33. The molecule has 0 aliphatic carbocycles. The number of rotatable bonds is 2. The van der Waals surface area contributed by atoms with Crippen LogP contribution in [0.1, 0.15) is 16.5 Å². The van der Waals surface area contributed by atoms with E-state index in [-0.39, 0.29) is 18.4 Å². The van der Waals surface area contributed by atoms with Gasteiger partial charge in [0.05, 0.1) is 16.1 Å². The molecule has 0 saturated carbocycles. The first-order valence-corrected chi connectivity index (χ1v) is 5.91. The smallest absolute Gasteiger partial charge is 0.0676 e. The van der Waals surface area contributed by atoms with E-state index in [2.05, 4.69) is 4.98 Å². The molecule has 2 heterocycles. The Hall–Kier alpha value is -0.320. The van der Waals surface area contributed by atoms with Crippen LogP contribution >= 0.6 is 46.9 Å². The first kappa shape index (κ1) is 13.7. The summed E-state index contributed by atoms with van der Waals surface area (Å²) in [5.74, 6) is 0. The number of hydrogen-bond donors (Lipinski definition) is 1. The first-order valence-electron chi connectivity index (χ1n) is 4.28. The third-order valence-corrected chi connectivity index (χ3v) is 3.61. The third kappa shape index (κ3) is 2.67. The van der Waals surface area contributed by atoms with Gasteiger partial charge in [-0.25, -0.2) is 0 Å². The van der Waals surface area contributed by atoms with E-state index in [0.717, 1.165) is 10.4 Å². The second kappa shape index (κ2) is 5.84. The third-order valence-electron chi connectivity index (χ3n) is 2.05. The summed E-state index contributed by atoms with van der Waals surface area (Å²) in [4.78, 5) is 4.92. The van der Waals surface area contributed by atoms with Crippen molar-refractivity contribution in [2.24, 2.45) is 5.73 Å². The molecule has 0 amide bonds. The van der Waals surface area contributed by atoms with Crippen LogP contribution in [0, 0.1) is 0 Å². The van der Waals surface area contributed by atoms with Crippen LogP contribution in [0.3, 0.4) is 0 Å². The predicted molar refractivity (Wildman–Crippen MR) is 71.9 cm³/mol. The second-order valence-corrected chi connectivity index (χ2v) is 4.80. The van der Waals surface area contributed by atoms with Crippen molar-refractivity contribution >= 4 is 46.9 Å². The summed E-state index contributed by atoms with van der Waals surface area (Å²) in [6.45, 7) is 0. The van der Waals surface area contributed by atoms with Crippen molar-refractivity contribution in [1.29, 1.82) is 0 Å². The van der Waals surface area contributed by atoms with Gasteiger partial charge in [-0.1, -0.05) is 29.3 Å². The van der Waals surface area contributed by atoms with Gasteiger partial charge in [-0.15, -0.1) is 23.7 Å². The SMILES string of the molecule is Cl.N[C@@H](c1cccs1)c1c(Cl)cncc1Cl. The molecule has 2 N–H and O–H groups in total. The van der Waals surface area contributed by atoms with Crippen LogP contribution in [-0.2, 0) is 0 Å². The maximum Gasteiger partial charge on any atom is 0.0676 e. The van der Waals surface area contributed by atoms with Crippen LogP contribution in [0.15, 0.2) is 29.9 Å². The molecule has 0 radical (unpaired) electrons. The zero-order chi connectivity index (χ0) is 10.8. The number of nitrogens with two attached hydrogens (primary N) is 1. The monoisotopic (exact) mass is 294 g/mol. The van der Waals surface area contributed by atoms with Gasteiger partial charge in [-0.3, -0.25) is 4.98 Å². The Balaban J connectivity index is 0.00000128. The second-order valence-electron chi connectivity index (χ2n) is 3.01. The average molecular weight is 296 g/mol. The Labute approximate surface area is 114 Å². The molecule has 0 spiro atoms. The zero-order valence-electron chi connectivity index (χ0n) is 8.06. The topological polar surface area (TPSA) is 38.9 Å². The lowest BCUT2D eigenvalue weighted by atomic mass is 10.1. The molecule has 16 heavy (non-hydrogen) atoms. The summed E-state index contributed by atoms with van der Waals surface area (Å²) in [5.41, 5.74) is 6.81. The highest BCUT2D eigenvalue weighted by molar-refractivity contribution is 7.10. The molecule has 6 heteroatoms. The lowest BCUT2D eigenvalue weighted by molar-refractivity contribution is 0.890. The predicted octanol–water partition coefficient (Wildman–Crippen LogP) is 3.92. The van der Waals surface area contributed by atoms with E-state index < -0.39 is 0 Å². The molecule has 86 valence electrons. The minimum atomic E-state index is -0.284. The minimum absolute atomic E-state index is 0. The van der Waals surface area contributed by atoms with Crippen molar-refractivity contribution < 1.29 is 0 Å². The molecule has 0 aromatic carbocycles. The van der Waals surface area contributed by atoms with E-state index >= 15 is 0 Å². The molecule has 0 aliphatic heterocycles. The lowest BCUT2D eigenvalue weighted by Gasteiger charge is -2.13. The maximum atomic E-state index is 6.08. The molecule has 0 aliphatic rings. The molecule has 1 atom stereocenters. The van der Waals surface area contributed by atoms with Crippen molar-refractivity contribution in [3.05, 3.63) is 50.4 Å². The van der Waals surface area contributed by atoms with Gasteiger partial charge in [-0.2, -0.15) is 0 Å². The zero-order valence-corrected chi connectivity index (χ0v) is 11.2. The fraction of sp³-hybridized carbons (Fsp3) is 0.100. The van der Waals surface area contributed by atoms with E-state index in [0.29, 0.717) is 10.0 Å². The van der Waals surface area contributed by atoms with Crippen LogP contribution in [0.2, 0.25) is 10.0 Å². The molecule has 0 unspecified atom stereocenters. The van der Waals surface area contributed by atoms with Gasteiger partial charge in [0.1, 0.15) is 0 Å². The van der Waals surface area contributed by atoms with Crippen molar-refractivity contribution in [2.75, 3.05) is 0 Å². The van der Waals surface area contributed by atoms with Gasteiger partial charge >= 0.3 is 0 Å².